The lowest BCUT2D eigenvalue weighted by atomic mass is 10.1. The number of carbonyl (C=O) groups excluding carboxylic acids is 2. The topological polar surface area (TPSA) is 113 Å². The standard InChI is InChI=1S/C14H17NO6/c1-14(2,3)21-13(20)15-9-5-4-8(10(16)7-9)6-11(17)12(18)19/h4-5,7,16H,6H2,1-3H3,(H,15,20)(H,18,19). The third-order valence-electron chi connectivity index (χ3n) is 2.32. The van der Waals surface area contributed by atoms with Gasteiger partial charge < -0.3 is 14.9 Å². The van der Waals surface area contributed by atoms with Crippen molar-refractivity contribution in [1.82, 2.24) is 0 Å². The molecule has 0 fully saturated rings. The Hall–Kier alpha value is -2.57. The highest BCUT2D eigenvalue weighted by atomic mass is 16.6. The highest BCUT2D eigenvalue weighted by Crippen LogP contribution is 2.23. The molecule has 0 radical (unpaired) electrons. The number of hydrogen-bond donors (Lipinski definition) is 3. The van der Waals surface area contributed by atoms with Crippen molar-refractivity contribution in [3.8, 4) is 5.75 Å². The molecule has 1 rings (SSSR count). The summed E-state index contributed by atoms with van der Waals surface area (Å²) in [5, 5.41) is 20.7. The second-order valence-electron chi connectivity index (χ2n) is 5.38. The number of aromatic hydroxyl groups is 1. The van der Waals surface area contributed by atoms with E-state index in [0.29, 0.717) is 0 Å². The van der Waals surface area contributed by atoms with Crippen LogP contribution < -0.4 is 5.32 Å². The van der Waals surface area contributed by atoms with Crippen LogP contribution in [0.5, 0.6) is 5.75 Å². The molecule has 0 aromatic heterocycles. The number of hydrogen-bond acceptors (Lipinski definition) is 5. The maximum Gasteiger partial charge on any atom is 0.412 e. The third kappa shape index (κ3) is 5.52. The summed E-state index contributed by atoms with van der Waals surface area (Å²) in [6, 6.07) is 4.02. The van der Waals surface area contributed by atoms with Gasteiger partial charge in [0.05, 0.1) is 0 Å². The van der Waals surface area contributed by atoms with E-state index < -0.39 is 29.9 Å². The summed E-state index contributed by atoms with van der Waals surface area (Å²) >= 11 is 0. The van der Waals surface area contributed by atoms with Gasteiger partial charge in [0.15, 0.2) is 0 Å². The number of rotatable bonds is 4. The number of carbonyl (C=O) groups is 3. The zero-order chi connectivity index (χ0) is 16.2. The van der Waals surface area contributed by atoms with Crippen molar-refractivity contribution in [3.05, 3.63) is 23.8 Å². The van der Waals surface area contributed by atoms with E-state index in [0.717, 1.165) is 0 Å². The van der Waals surface area contributed by atoms with Crippen LogP contribution in [-0.2, 0) is 20.7 Å². The number of phenolic OH excluding ortho intramolecular Hbond substituents is 1. The minimum atomic E-state index is -1.56. The number of amides is 1. The Balaban J connectivity index is 2.76. The summed E-state index contributed by atoms with van der Waals surface area (Å²) in [5.74, 6) is -2.87. The highest BCUT2D eigenvalue weighted by Gasteiger charge is 2.18. The molecule has 0 aliphatic rings. The highest BCUT2D eigenvalue weighted by molar-refractivity contribution is 6.33. The van der Waals surface area contributed by atoms with E-state index >= 15 is 0 Å². The Morgan fingerprint density at radius 2 is 1.86 bits per heavy atom. The van der Waals surface area contributed by atoms with Crippen molar-refractivity contribution < 1.29 is 29.3 Å². The van der Waals surface area contributed by atoms with Crippen LogP contribution in [0.2, 0.25) is 0 Å². The first-order valence-electron chi connectivity index (χ1n) is 6.16. The number of ether oxygens (including phenoxy) is 1. The van der Waals surface area contributed by atoms with Gasteiger partial charge in [-0.1, -0.05) is 6.07 Å². The summed E-state index contributed by atoms with van der Waals surface area (Å²) in [5.41, 5.74) is -0.217. The SMILES string of the molecule is CC(C)(C)OC(=O)Nc1ccc(CC(=O)C(=O)O)c(O)c1. The lowest BCUT2D eigenvalue weighted by Crippen LogP contribution is -2.27. The van der Waals surface area contributed by atoms with E-state index in [4.69, 9.17) is 9.84 Å². The first-order chi connectivity index (χ1) is 9.58. The van der Waals surface area contributed by atoms with Gasteiger partial charge in [-0.05, 0) is 26.8 Å². The number of nitrogens with one attached hydrogen (secondary N) is 1. The van der Waals surface area contributed by atoms with Gasteiger partial charge in [0.25, 0.3) is 0 Å². The van der Waals surface area contributed by atoms with Gasteiger partial charge in [-0.15, -0.1) is 0 Å². The minimum absolute atomic E-state index is 0.164. The fourth-order valence-electron chi connectivity index (χ4n) is 1.46. The van der Waals surface area contributed by atoms with Crippen molar-refractivity contribution in [2.24, 2.45) is 0 Å². The normalized spacial score (nSPS) is 10.8. The van der Waals surface area contributed by atoms with Gasteiger partial charge in [0.2, 0.25) is 5.78 Å². The van der Waals surface area contributed by atoms with Crippen molar-refractivity contribution in [3.63, 3.8) is 0 Å². The monoisotopic (exact) mass is 295 g/mol. The third-order valence-corrected chi connectivity index (χ3v) is 2.32. The van der Waals surface area contributed by atoms with E-state index in [1.165, 1.54) is 18.2 Å². The molecule has 0 unspecified atom stereocenters. The number of carboxylic acids is 1. The Bertz CT molecular complexity index is 573. The molecule has 114 valence electrons. The van der Waals surface area contributed by atoms with Crippen molar-refractivity contribution in [1.29, 1.82) is 0 Å². The number of anilines is 1. The predicted molar refractivity (Wildman–Crippen MR) is 74.3 cm³/mol. The zero-order valence-electron chi connectivity index (χ0n) is 12.0. The molecule has 3 N–H and O–H groups in total. The fraction of sp³-hybridized carbons (Fsp3) is 0.357. The van der Waals surface area contributed by atoms with Gasteiger partial charge >= 0.3 is 12.1 Å². The molecule has 0 saturated carbocycles. The Morgan fingerprint density at radius 3 is 2.33 bits per heavy atom. The molecule has 1 aromatic rings. The minimum Gasteiger partial charge on any atom is -0.508 e. The van der Waals surface area contributed by atoms with E-state index in [1.54, 1.807) is 20.8 Å². The Labute approximate surface area is 121 Å². The van der Waals surface area contributed by atoms with Gasteiger partial charge in [0, 0.05) is 23.7 Å². The molecule has 7 heteroatoms. The summed E-state index contributed by atoms with van der Waals surface area (Å²) in [6.07, 6.45) is -1.11. The van der Waals surface area contributed by atoms with Crippen LogP contribution >= 0.6 is 0 Å². The van der Waals surface area contributed by atoms with Gasteiger partial charge in [-0.2, -0.15) is 0 Å². The summed E-state index contributed by atoms with van der Waals surface area (Å²) < 4.78 is 5.04. The fourth-order valence-corrected chi connectivity index (χ4v) is 1.46. The van der Waals surface area contributed by atoms with E-state index in [9.17, 15) is 19.5 Å². The number of Topliss-reactive ketones (excluding diaryl/α,β-unsaturated/α-hetero) is 1. The molecule has 0 heterocycles. The molecule has 1 aromatic carbocycles. The molecule has 1 amide bonds. The first-order valence-corrected chi connectivity index (χ1v) is 6.16. The molecule has 0 atom stereocenters. The largest absolute Gasteiger partial charge is 0.508 e. The van der Waals surface area contributed by atoms with Crippen LogP contribution in [0.25, 0.3) is 0 Å². The van der Waals surface area contributed by atoms with Crippen LogP contribution in [0.3, 0.4) is 0 Å². The Kier molecular flexibility index (Phi) is 4.91. The summed E-state index contributed by atoms with van der Waals surface area (Å²) in [4.78, 5) is 33.1. The molecule has 7 nitrogen and oxygen atoms in total. The average molecular weight is 295 g/mol. The van der Waals surface area contributed by atoms with E-state index in [2.05, 4.69) is 5.32 Å². The van der Waals surface area contributed by atoms with Crippen LogP contribution in [0, 0.1) is 0 Å². The Morgan fingerprint density at radius 1 is 1.24 bits per heavy atom. The van der Waals surface area contributed by atoms with Gasteiger partial charge in [0.1, 0.15) is 11.4 Å². The van der Waals surface area contributed by atoms with E-state index in [1.807, 2.05) is 0 Å². The maximum absolute atomic E-state index is 11.5. The number of phenols is 1. The van der Waals surface area contributed by atoms with Crippen molar-refractivity contribution >= 4 is 23.5 Å². The van der Waals surface area contributed by atoms with Crippen LogP contribution in [0.15, 0.2) is 18.2 Å². The van der Waals surface area contributed by atoms with Crippen LogP contribution in [0.1, 0.15) is 26.3 Å². The number of carboxylic acid groups (broad SMARTS) is 1. The molecular formula is C14H17NO6. The second kappa shape index (κ2) is 6.25. The number of benzene rings is 1. The number of aliphatic carboxylic acids is 1. The molecular weight excluding hydrogens is 278 g/mol. The van der Waals surface area contributed by atoms with Crippen LogP contribution in [-0.4, -0.2) is 33.7 Å². The van der Waals surface area contributed by atoms with Crippen LogP contribution in [0.4, 0.5) is 10.5 Å². The zero-order valence-corrected chi connectivity index (χ0v) is 12.0. The average Bonchev–Trinajstić information content (AvgIpc) is 2.29. The van der Waals surface area contributed by atoms with Gasteiger partial charge in [-0.3, -0.25) is 10.1 Å². The molecule has 21 heavy (non-hydrogen) atoms. The van der Waals surface area contributed by atoms with Crippen molar-refractivity contribution in [2.75, 3.05) is 5.32 Å². The maximum atomic E-state index is 11.5. The molecule has 0 saturated heterocycles. The second-order valence-corrected chi connectivity index (χ2v) is 5.38. The smallest absolute Gasteiger partial charge is 0.412 e. The summed E-state index contributed by atoms with van der Waals surface area (Å²) in [6.45, 7) is 5.14. The molecule has 0 aliphatic carbocycles. The molecule has 0 bridgehead atoms. The van der Waals surface area contributed by atoms with Gasteiger partial charge in [-0.25, -0.2) is 9.59 Å². The summed E-state index contributed by atoms with van der Waals surface area (Å²) in [7, 11) is 0. The van der Waals surface area contributed by atoms with E-state index in [-0.39, 0.29) is 17.0 Å². The van der Waals surface area contributed by atoms with Crippen molar-refractivity contribution in [2.45, 2.75) is 32.8 Å². The molecule has 0 spiro atoms. The predicted octanol–water partition coefficient (Wildman–Crippen LogP) is 1.94. The lowest BCUT2D eigenvalue weighted by molar-refractivity contribution is -0.148. The first kappa shape index (κ1) is 16.5. The number of ketones is 1. The molecule has 0 aliphatic heterocycles. The quantitative estimate of drug-likeness (QED) is 0.731. The lowest BCUT2D eigenvalue weighted by Gasteiger charge is -2.19.